The quantitative estimate of drug-likeness (QED) is 0.236. The summed E-state index contributed by atoms with van der Waals surface area (Å²) >= 11 is 0. The van der Waals surface area contributed by atoms with Crippen LogP contribution >= 0.6 is 0 Å². The van der Waals surface area contributed by atoms with E-state index in [-0.39, 0.29) is 0 Å². The maximum Gasteiger partial charge on any atom is 0.187 e. The summed E-state index contributed by atoms with van der Waals surface area (Å²) in [7, 11) is 0. The monoisotopic (exact) mass is 342 g/mol. The van der Waals surface area contributed by atoms with E-state index < -0.39 is 73.9 Å². The van der Waals surface area contributed by atoms with Crippen LogP contribution in [0.3, 0.4) is 0 Å². The van der Waals surface area contributed by atoms with E-state index in [1.807, 2.05) is 0 Å². The molecule has 2 fully saturated rings. The van der Waals surface area contributed by atoms with Crippen LogP contribution in [0, 0.1) is 0 Å². The van der Waals surface area contributed by atoms with E-state index >= 15 is 0 Å². The van der Waals surface area contributed by atoms with Crippen molar-refractivity contribution < 1.29 is 55.4 Å². The molecule has 1 saturated carbocycles. The van der Waals surface area contributed by atoms with E-state index in [1.54, 1.807) is 0 Å². The lowest BCUT2D eigenvalue weighted by atomic mass is 9.84. The first-order valence-corrected chi connectivity index (χ1v) is 7.07. The third-order valence-corrected chi connectivity index (χ3v) is 4.21. The third-order valence-electron chi connectivity index (χ3n) is 4.21. The Morgan fingerprint density at radius 3 is 1.52 bits per heavy atom. The van der Waals surface area contributed by atoms with Gasteiger partial charge in [0.2, 0.25) is 0 Å². The zero-order valence-corrected chi connectivity index (χ0v) is 11.9. The topological polar surface area (TPSA) is 201 Å². The highest BCUT2D eigenvalue weighted by molar-refractivity contribution is 5.00. The first kappa shape index (κ1) is 18.9. The van der Waals surface area contributed by atoms with E-state index in [0.717, 1.165) is 0 Å². The highest BCUT2D eigenvalue weighted by atomic mass is 16.7. The first-order chi connectivity index (χ1) is 10.7. The number of hydrogen-bond acceptors (Lipinski definition) is 11. The average molecular weight is 342 g/mol. The van der Waals surface area contributed by atoms with Crippen molar-refractivity contribution in [3.05, 3.63) is 0 Å². The molecule has 0 aromatic carbocycles. The molecule has 0 bridgehead atoms. The van der Waals surface area contributed by atoms with E-state index in [4.69, 9.17) is 14.6 Å². The molecular weight excluding hydrogens is 320 g/mol. The van der Waals surface area contributed by atoms with E-state index in [9.17, 15) is 40.9 Å². The molecule has 11 heteroatoms. The predicted molar refractivity (Wildman–Crippen MR) is 68.7 cm³/mol. The molecule has 0 aromatic heterocycles. The van der Waals surface area contributed by atoms with Crippen molar-refractivity contribution in [2.24, 2.45) is 0 Å². The maximum absolute atomic E-state index is 9.85. The number of aliphatic hydroxyl groups excluding tert-OH is 9. The van der Waals surface area contributed by atoms with Gasteiger partial charge in [0.05, 0.1) is 6.61 Å². The molecule has 1 heterocycles. The van der Waals surface area contributed by atoms with Gasteiger partial charge in [-0.05, 0) is 0 Å². The van der Waals surface area contributed by atoms with Gasteiger partial charge < -0.3 is 55.4 Å². The van der Waals surface area contributed by atoms with Gasteiger partial charge in [-0.3, -0.25) is 0 Å². The zero-order chi connectivity index (χ0) is 17.5. The molecule has 1 aliphatic carbocycles. The van der Waals surface area contributed by atoms with Crippen molar-refractivity contribution in [1.29, 1.82) is 0 Å². The molecule has 0 amide bonds. The molecule has 1 aliphatic heterocycles. The van der Waals surface area contributed by atoms with Crippen LogP contribution in [0.1, 0.15) is 0 Å². The normalized spacial score (nSPS) is 54.9. The van der Waals surface area contributed by atoms with Gasteiger partial charge in [-0.1, -0.05) is 0 Å². The molecule has 1 saturated heterocycles. The van der Waals surface area contributed by atoms with Gasteiger partial charge in [0.15, 0.2) is 6.29 Å². The largest absolute Gasteiger partial charge is 0.394 e. The number of hydrogen-bond donors (Lipinski definition) is 9. The molecule has 2 rings (SSSR count). The van der Waals surface area contributed by atoms with Gasteiger partial charge in [-0.2, -0.15) is 0 Å². The third kappa shape index (κ3) is 3.36. The Hall–Kier alpha value is -0.440. The fraction of sp³-hybridized carbons (Fsp3) is 1.00. The summed E-state index contributed by atoms with van der Waals surface area (Å²) in [6, 6.07) is 0. The van der Waals surface area contributed by atoms with Crippen LogP contribution in [0.4, 0.5) is 0 Å². The van der Waals surface area contributed by atoms with Crippen LogP contribution in [0.5, 0.6) is 0 Å². The second kappa shape index (κ2) is 7.21. The van der Waals surface area contributed by atoms with Gasteiger partial charge in [-0.25, -0.2) is 0 Å². The minimum Gasteiger partial charge on any atom is -0.394 e. The van der Waals surface area contributed by atoms with Gasteiger partial charge in [0.25, 0.3) is 0 Å². The van der Waals surface area contributed by atoms with Crippen LogP contribution in [0.2, 0.25) is 0 Å². The lowest BCUT2D eigenvalue weighted by molar-refractivity contribution is -0.339. The first-order valence-electron chi connectivity index (χ1n) is 7.07. The molecule has 136 valence electrons. The van der Waals surface area contributed by atoms with Crippen molar-refractivity contribution in [2.75, 3.05) is 6.61 Å². The summed E-state index contributed by atoms with van der Waals surface area (Å²) in [4.78, 5) is 0. The second-order valence-electron chi connectivity index (χ2n) is 5.75. The zero-order valence-electron chi connectivity index (χ0n) is 11.9. The summed E-state index contributed by atoms with van der Waals surface area (Å²) in [5, 5.41) is 86.6. The van der Waals surface area contributed by atoms with E-state index in [1.165, 1.54) is 0 Å². The van der Waals surface area contributed by atoms with Crippen molar-refractivity contribution in [1.82, 2.24) is 0 Å². The predicted octanol–water partition coefficient (Wildman–Crippen LogP) is -6.01. The van der Waals surface area contributed by atoms with Crippen molar-refractivity contribution in [3.63, 3.8) is 0 Å². The van der Waals surface area contributed by atoms with Crippen LogP contribution in [0.15, 0.2) is 0 Å². The van der Waals surface area contributed by atoms with E-state index in [2.05, 4.69) is 0 Å². The molecule has 11 atom stereocenters. The van der Waals surface area contributed by atoms with Gasteiger partial charge in [-0.15, -0.1) is 0 Å². The number of rotatable bonds is 3. The van der Waals surface area contributed by atoms with Crippen molar-refractivity contribution >= 4 is 0 Å². The fourth-order valence-electron chi connectivity index (χ4n) is 2.69. The summed E-state index contributed by atoms with van der Waals surface area (Å²) < 4.78 is 10.2. The summed E-state index contributed by atoms with van der Waals surface area (Å²) in [5.74, 6) is 0. The van der Waals surface area contributed by atoms with Crippen molar-refractivity contribution in [3.8, 4) is 0 Å². The minimum atomic E-state index is -1.83. The minimum absolute atomic E-state index is 0.704. The Kier molecular flexibility index (Phi) is 5.92. The number of ether oxygens (including phenoxy) is 2. The Morgan fingerprint density at radius 2 is 1.04 bits per heavy atom. The highest BCUT2D eigenvalue weighted by Crippen LogP contribution is 2.29. The highest BCUT2D eigenvalue weighted by Gasteiger charge is 2.52. The van der Waals surface area contributed by atoms with Crippen LogP contribution in [-0.2, 0) is 9.47 Å². The lowest BCUT2D eigenvalue weighted by Gasteiger charge is -2.45. The van der Waals surface area contributed by atoms with Gasteiger partial charge in [0, 0.05) is 0 Å². The second-order valence-corrected chi connectivity index (χ2v) is 5.75. The SMILES string of the molecule is OC[C@H]1O[C@@H](OC2[C@H](O)[C@H](O)C(O)[C@H](O)[C@H]2O)[C@H](O)[C@@H](O)[C@H]1O. The summed E-state index contributed by atoms with van der Waals surface area (Å²) in [6.45, 7) is -0.704. The van der Waals surface area contributed by atoms with Crippen LogP contribution in [-0.4, -0.2) is 120 Å². The molecule has 0 spiro atoms. The lowest BCUT2D eigenvalue weighted by Crippen LogP contribution is -2.67. The fourth-order valence-corrected chi connectivity index (χ4v) is 2.69. The van der Waals surface area contributed by atoms with Crippen molar-refractivity contribution in [2.45, 2.75) is 67.3 Å². The van der Waals surface area contributed by atoms with E-state index in [0.29, 0.717) is 0 Å². The Balaban J connectivity index is 2.13. The standard InChI is InChI=1S/C12H22O11/c13-1-2-3(14)4(15)10(21)12(22-2)23-11-8(19)6(17)5(16)7(18)9(11)20/h2-21H,1H2/t2-,3+,4+,5?,6-,7+,8-,9-,10-,11?,12+/m1/s1. The Labute approximate surface area is 130 Å². The molecular formula is C12H22O11. The summed E-state index contributed by atoms with van der Waals surface area (Å²) in [5.41, 5.74) is 0. The van der Waals surface area contributed by atoms with Gasteiger partial charge >= 0.3 is 0 Å². The molecule has 9 N–H and O–H groups in total. The van der Waals surface area contributed by atoms with Crippen LogP contribution in [0.25, 0.3) is 0 Å². The molecule has 2 unspecified atom stereocenters. The molecule has 0 radical (unpaired) electrons. The Morgan fingerprint density at radius 1 is 0.609 bits per heavy atom. The maximum atomic E-state index is 9.85. The Bertz CT molecular complexity index is 377. The average Bonchev–Trinajstić information content (AvgIpc) is 2.54. The molecule has 11 nitrogen and oxygen atoms in total. The molecule has 2 aliphatic rings. The number of aliphatic hydroxyl groups is 9. The van der Waals surface area contributed by atoms with Gasteiger partial charge in [0.1, 0.15) is 61.0 Å². The molecule has 0 aromatic rings. The molecule has 23 heavy (non-hydrogen) atoms. The summed E-state index contributed by atoms with van der Waals surface area (Å²) in [6.07, 6.45) is -18.9. The van der Waals surface area contributed by atoms with Crippen LogP contribution < -0.4 is 0 Å². The smallest absolute Gasteiger partial charge is 0.187 e.